The summed E-state index contributed by atoms with van der Waals surface area (Å²) in [6.07, 6.45) is 2.85. The largest absolute Gasteiger partial charge is 0.476 e. The molecule has 0 spiro atoms. The van der Waals surface area contributed by atoms with Gasteiger partial charge in [0.2, 0.25) is 5.01 Å². The van der Waals surface area contributed by atoms with Gasteiger partial charge >= 0.3 is 5.97 Å². The van der Waals surface area contributed by atoms with E-state index in [0.717, 1.165) is 42.8 Å². The lowest BCUT2D eigenvalue weighted by atomic mass is 10.2. The standard InChI is InChI=1S/C10H16N2O3S/c13-5-3-1-2-4-11-6-8-7-16-9(12-8)10(14)15/h7,11,13H,1-6H2,(H,14,15). The third-order valence-electron chi connectivity index (χ3n) is 2.05. The smallest absolute Gasteiger partial charge is 0.365 e. The summed E-state index contributed by atoms with van der Waals surface area (Å²) >= 11 is 1.15. The second-order valence-electron chi connectivity index (χ2n) is 3.41. The fourth-order valence-electron chi connectivity index (χ4n) is 1.24. The van der Waals surface area contributed by atoms with Gasteiger partial charge in [0.15, 0.2) is 0 Å². The van der Waals surface area contributed by atoms with Crippen molar-refractivity contribution in [3.05, 3.63) is 16.1 Å². The number of carbonyl (C=O) groups is 1. The van der Waals surface area contributed by atoms with Crippen molar-refractivity contribution in [1.29, 1.82) is 0 Å². The SMILES string of the molecule is O=C(O)c1nc(CNCCCCCO)cs1. The van der Waals surface area contributed by atoms with Crippen LogP contribution in [0.25, 0.3) is 0 Å². The number of carboxylic acids is 1. The first kappa shape index (κ1) is 13.1. The van der Waals surface area contributed by atoms with Crippen molar-refractivity contribution >= 4 is 17.3 Å². The summed E-state index contributed by atoms with van der Waals surface area (Å²) in [4.78, 5) is 14.5. The Bertz CT molecular complexity index is 328. The molecule has 6 heteroatoms. The van der Waals surface area contributed by atoms with Gasteiger partial charge in [-0.25, -0.2) is 9.78 Å². The van der Waals surface area contributed by atoms with E-state index in [9.17, 15) is 4.79 Å². The number of hydrogen-bond acceptors (Lipinski definition) is 5. The van der Waals surface area contributed by atoms with E-state index in [1.807, 2.05) is 0 Å². The summed E-state index contributed by atoms with van der Waals surface area (Å²) in [7, 11) is 0. The van der Waals surface area contributed by atoms with Crippen LogP contribution in [0, 0.1) is 0 Å². The summed E-state index contributed by atoms with van der Waals surface area (Å²) in [5.74, 6) is -0.973. The van der Waals surface area contributed by atoms with Gasteiger partial charge in [0.25, 0.3) is 0 Å². The fourth-order valence-corrected chi connectivity index (χ4v) is 1.90. The summed E-state index contributed by atoms with van der Waals surface area (Å²) in [5, 5.41) is 22.3. The number of carboxylic acid groups (broad SMARTS) is 1. The maximum Gasteiger partial charge on any atom is 0.365 e. The van der Waals surface area contributed by atoms with Crippen LogP contribution in [0.3, 0.4) is 0 Å². The maximum atomic E-state index is 10.6. The van der Waals surface area contributed by atoms with Gasteiger partial charge in [-0.05, 0) is 25.8 Å². The Morgan fingerprint density at radius 2 is 2.25 bits per heavy atom. The highest BCUT2D eigenvalue weighted by molar-refractivity contribution is 7.11. The molecule has 1 aromatic heterocycles. The fraction of sp³-hybridized carbons (Fsp3) is 0.600. The first-order valence-electron chi connectivity index (χ1n) is 5.23. The minimum Gasteiger partial charge on any atom is -0.476 e. The Balaban J connectivity index is 2.14. The number of thiazole rings is 1. The molecule has 0 unspecified atom stereocenters. The molecule has 1 heterocycles. The summed E-state index contributed by atoms with van der Waals surface area (Å²) in [5.41, 5.74) is 0.768. The molecule has 0 aliphatic heterocycles. The van der Waals surface area contributed by atoms with Gasteiger partial charge in [0, 0.05) is 18.5 Å². The van der Waals surface area contributed by atoms with Crippen LogP contribution in [-0.2, 0) is 6.54 Å². The van der Waals surface area contributed by atoms with Crippen LogP contribution in [0.15, 0.2) is 5.38 Å². The van der Waals surface area contributed by atoms with Crippen LogP contribution in [-0.4, -0.2) is 34.3 Å². The Labute approximate surface area is 98.1 Å². The van der Waals surface area contributed by atoms with Crippen molar-refractivity contribution in [3.8, 4) is 0 Å². The van der Waals surface area contributed by atoms with E-state index in [1.165, 1.54) is 0 Å². The zero-order chi connectivity index (χ0) is 11.8. The predicted molar refractivity (Wildman–Crippen MR) is 61.7 cm³/mol. The van der Waals surface area contributed by atoms with Crippen LogP contribution in [0.4, 0.5) is 0 Å². The van der Waals surface area contributed by atoms with E-state index in [0.29, 0.717) is 6.54 Å². The van der Waals surface area contributed by atoms with Crippen LogP contribution >= 0.6 is 11.3 Å². The molecular weight excluding hydrogens is 228 g/mol. The normalized spacial score (nSPS) is 10.6. The minimum atomic E-state index is -0.973. The Morgan fingerprint density at radius 1 is 1.44 bits per heavy atom. The molecule has 1 rings (SSSR count). The van der Waals surface area contributed by atoms with Crippen molar-refractivity contribution < 1.29 is 15.0 Å². The number of nitrogens with zero attached hydrogens (tertiary/aromatic N) is 1. The number of nitrogens with one attached hydrogen (secondary N) is 1. The van der Waals surface area contributed by atoms with E-state index < -0.39 is 5.97 Å². The molecule has 0 aliphatic rings. The number of rotatable bonds is 8. The number of aromatic carboxylic acids is 1. The molecule has 16 heavy (non-hydrogen) atoms. The summed E-state index contributed by atoms with van der Waals surface area (Å²) in [6, 6.07) is 0. The zero-order valence-electron chi connectivity index (χ0n) is 8.98. The second kappa shape index (κ2) is 7.32. The van der Waals surface area contributed by atoms with Crippen molar-refractivity contribution in [1.82, 2.24) is 10.3 Å². The van der Waals surface area contributed by atoms with Crippen molar-refractivity contribution in [3.63, 3.8) is 0 Å². The Hall–Kier alpha value is -0.980. The molecule has 0 saturated heterocycles. The molecular formula is C10H16N2O3S. The van der Waals surface area contributed by atoms with Gasteiger partial charge in [-0.3, -0.25) is 0 Å². The molecule has 3 N–H and O–H groups in total. The third-order valence-corrected chi connectivity index (χ3v) is 2.93. The van der Waals surface area contributed by atoms with E-state index in [-0.39, 0.29) is 11.6 Å². The highest BCUT2D eigenvalue weighted by Gasteiger charge is 2.07. The van der Waals surface area contributed by atoms with Gasteiger partial charge in [-0.2, -0.15) is 0 Å². The molecule has 90 valence electrons. The van der Waals surface area contributed by atoms with Gasteiger partial charge in [0.1, 0.15) is 0 Å². The lowest BCUT2D eigenvalue weighted by molar-refractivity contribution is 0.0696. The van der Waals surface area contributed by atoms with Gasteiger partial charge < -0.3 is 15.5 Å². The van der Waals surface area contributed by atoms with E-state index >= 15 is 0 Å². The molecule has 0 bridgehead atoms. The van der Waals surface area contributed by atoms with Crippen molar-refractivity contribution in [2.75, 3.05) is 13.2 Å². The number of aliphatic hydroxyl groups excluding tert-OH is 1. The molecule has 1 aromatic rings. The summed E-state index contributed by atoms with van der Waals surface area (Å²) < 4.78 is 0. The third kappa shape index (κ3) is 4.69. The highest BCUT2D eigenvalue weighted by Crippen LogP contribution is 2.09. The molecule has 0 radical (unpaired) electrons. The lowest BCUT2D eigenvalue weighted by Gasteiger charge is -2.01. The first-order chi connectivity index (χ1) is 7.74. The van der Waals surface area contributed by atoms with Crippen LogP contribution in [0.2, 0.25) is 0 Å². The molecule has 0 aromatic carbocycles. The van der Waals surface area contributed by atoms with E-state index in [4.69, 9.17) is 10.2 Å². The van der Waals surface area contributed by atoms with Gasteiger partial charge in [0.05, 0.1) is 5.69 Å². The topological polar surface area (TPSA) is 82.5 Å². The average Bonchev–Trinajstić information content (AvgIpc) is 2.72. The molecule has 0 amide bonds. The van der Waals surface area contributed by atoms with Crippen molar-refractivity contribution in [2.24, 2.45) is 0 Å². The number of unbranched alkanes of at least 4 members (excludes halogenated alkanes) is 2. The minimum absolute atomic E-state index is 0.136. The number of hydrogen-bond donors (Lipinski definition) is 3. The van der Waals surface area contributed by atoms with Crippen LogP contribution in [0.1, 0.15) is 34.8 Å². The maximum absolute atomic E-state index is 10.6. The van der Waals surface area contributed by atoms with Crippen molar-refractivity contribution in [2.45, 2.75) is 25.8 Å². The number of aliphatic hydroxyl groups is 1. The first-order valence-corrected chi connectivity index (χ1v) is 6.11. The van der Waals surface area contributed by atoms with Crippen LogP contribution in [0.5, 0.6) is 0 Å². The Kier molecular flexibility index (Phi) is 5.99. The molecule has 5 nitrogen and oxygen atoms in total. The zero-order valence-corrected chi connectivity index (χ0v) is 9.79. The van der Waals surface area contributed by atoms with E-state index in [1.54, 1.807) is 5.38 Å². The summed E-state index contributed by atoms with van der Waals surface area (Å²) in [6.45, 7) is 1.71. The average molecular weight is 244 g/mol. The molecule has 0 saturated carbocycles. The monoisotopic (exact) mass is 244 g/mol. The second-order valence-corrected chi connectivity index (χ2v) is 4.27. The van der Waals surface area contributed by atoms with E-state index in [2.05, 4.69) is 10.3 Å². The van der Waals surface area contributed by atoms with Crippen LogP contribution < -0.4 is 5.32 Å². The molecule has 0 atom stereocenters. The molecule has 0 fully saturated rings. The highest BCUT2D eigenvalue weighted by atomic mass is 32.1. The predicted octanol–water partition coefficient (Wildman–Crippen LogP) is 1.09. The van der Waals surface area contributed by atoms with Gasteiger partial charge in [-0.1, -0.05) is 0 Å². The number of aromatic nitrogens is 1. The molecule has 0 aliphatic carbocycles. The lowest BCUT2D eigenvalue weighted by Crippen LogP contribution is -2.15. The Morgan fingerprint density at radius 3 is 2.88 bits per heavy atom. The quantitative estimate of drug-likeness (QED) is 0.596. The van der Waals surface area contributed by atoms with Gasteiger partial charge in [-0.15, -0.1) is 11.3 Å².